The standard InChI is InChI=1S/C11H13ClN2OS/c1-5(2)7-9(15-14-11(7)13)10-8(12)6(3)4-16-10/h4-5H,1-3H3,(H2,13,14). The van der Waals surface area contributed by atoms with E-state index < -0.39 is 0 Å². The molecule has 0 spiro atoms. The molecule has 0 aliphatic carbocycles. The van der Waals surface area contributed by atoms with Gasteiger partial charge >= 0.3 is 0 Å². The Labute approximate surface area is 103 Å². The Kier molecular flexibility index (Phi) is 2.95. The van der Waals surface area contributed by atoms with E-state index in [0.717, 1.165) is 21.0 Å². The molecule has 0 saturated carbocycles. The number of hydrogen-bond donors (Lipinski definition) is 1. The molecule has 3 nitrogen and oxygen atoms in total. The van der Waals surface area contributed by atoms with Gasteiger partial charge in [0.1, 0.15) is 0 Å². The number of aryl methyl sites for hydroxylation is 1. The number of hydrogen-bond acceptors (Lipinski definition) is 4. The summed E-state index contributed by atoms with van der Waals surface area (Å²) in [5.74, 6) is 1.42. The van der Waals surface area contributed by atoms with Gasteiger partial charge in [-0.15, -0.1) is 11.3 Å². The summed E-state index contributed by atoms with van der Waals surface area (Å²) in [6, 6.07) is 0. The van der Waals surface area contributed by atoms with Crippen LogP contribution in [0, 0.1) is 6.92 Å². The lowest BCUT2D eigenvalue weighted by Gasteiger charge is -2.04. The quantitative estimate of drug-likeness (QED) is 0.881. The summed E-state index contributed by atoms with van der Waals surface area (Å²) < 4.78 is 5.29. The molecule has 0 fully saturated rings. The predicted octanol–water partition coefficient (Wildman–Crippen LogP) is 4.07. The maximum absolute atomic E-state index is 6.21. The zero-order valence-corrected chi connectivity index (χ0v) is 10.9. The molecule has 2 rings (SSSR count). The van der Waals surface area contributed by atoms with E-state index in [1.54, 1.807) is 11.3 Å². The summed E-state index contributed by atoms with van der Waals surface area (Å²) in [5.41, 5.74) is 7.77. The highest BCUT2D eigenvalue weighted by Gasteiger charge is 2.22. The fourth-order valence-corrected chi connectivity index (χ4v) is 2.88. The van der Waals surface area contributed by atoms with Gasteiger partial charge in [0.15, 0.2) is 11.6 Å². The monoisotopic (exact) mass is 256 g/mol. The number of anilines is 1. The first-order valence-electron chi connectivity index (χ1n) is 5.01. The maximum Gasteiger partial charge on any atom is 0.183 e. The molecule has 0 amide bonds. The molecule has 16 heavy (non-hydrogen) atoms. The Morgan fingerprint density at radius 1 is 1.50 bits per heavy atom. The number of rotatable bonds is 2. The Balaban J connectivity index is 2.61. The first kappa shape index (κ1) is 11.5. The zero-order valence-electron chi connectivity index (χ0n) is 9.37. The fourth-order valence-electron chi connectivity index (χ4n) is 1.61. The predicted molar refractivity (Wildman–Crippen MR) is 68.1 cm³/mol. The molecule has 0 aromatic carbocycles. The summed E-state index contributed by atoms with van der Waals surface area (Å²) in [6.45, 7) is 6.08. The van der Waals surface area contributed by atoms with E-state index in [2.05, 4.69) is 19.0 Å². The first-order valence-corrected chi connectivity index (χ1v) is 6.27. The van der Waals surface area contributed by atoms with Gasteiger partial charge in [0.2, 0.25) is 0 Å². The van der Waals surface area contributed by atoms with Crippen molar-refractivity contribution >= 4 is 28.8 Å². The Morgan fingerprint density at radius 2 is 2.19 bits per heavy atom. The van der Waals surface area contributed by atoms with Gasteiger partial charge in [-0.3, -0.25) is 0 Å². The van der Waals surface area contributed by atoms with Gasteiger partial charge in [-0.25, -0.2) is 0 Å². The molecular weight excluding hydrogens is 244 g/mol. The van der Waals surface area contributed by atoms with Crippen LogP contribution in [-0.2, 0) is 0 Å². The van der Waals surface area contributed by atoms with Crippen LogP contribution in [0.1, 0.15) is 30.9 Å². The molecule has 2 aromatic heterocycles. The minimum Gasteiger partial charge on any atom is -0.381 e. The second kappa shape index (κ2) is 4.11. The van der Waals surface area contributed by atoms with Crippen molar-refractivity contribution in [1.82, 2.24) is 5.16 Å². The third-order valence-corrected chi connectivity index (χ3v) is 4.13. The first-order chi connectivity index (χ1) is 7.52. The number of nitrogens with zero attached hydrogens (tertiary/aromatic N) is 1. The van der Waals surface area contributed by atoms with E-state index in [-0.39, 0.29) is 5.92 Å². The van der Waals surface area contributed by atoms with Gasteiger partial charge in [-0.1, -0.05) is 30.6 Å². The smallest absolute Gasteiger partial charge is 0.183 e. The summed E-state index contributed by atoms with van der Waals surface area (Å²) in [6.07, 6.45) is 0. The summed E-state index contributed by atoms with van der Waals surface area (Å²) >= 11 is 7.76. The lowest BCUT2D eigenvalue weighted by Crippen LogP contribution is -1.94. The molecule has 86 valence electrons. The van der Waals surface area contributed by atoms with E-state index >= 15 is 0 Å². The lowest BCUT2D eigenvalue weighted by atomic mass is 10.0. The second-order valence-electron chi connectivity index (χ2n) is 4.03. The number of nitrogen functional groups attached to an aromatic ring is 1. The van der Waals surface area contributed by atoms with Crippen LogP contribution in [0.25, 0.3) is 10.6 Å². The van der Waals surface area contributed by atoms with E-state index in [0.29, 0.717) is 11.6 Å². The van der Waals surface area contributed by atoms with Gasteiger partial charge in [0.25, 0.3) is 0 Å². The van der Waals surface area contributed by atoms with Crippen molar-refractivity contribution in [2.45, 2.75) is 26.7 Å². The Bertz CT molecular complexity index is 516. The average molecular weight is 257 g/mol. The molecule has 0 unspecified atom stereocenters. The molecular formula is C11H13ClN2OS. The van der Waals surface area contributed by atoms with Crippen LogP contribution in [0.2, 0.25) is 5.02 Å². The van der Waals surface area contributed by atoms with Gasteiger partial charge in [-0.05, 0) is 23.8 Å². The van der Waals surface area contributed by atoms with Crippen molar-refractivity contribution in [3.05, 3.63) is 21.5 Å². The van der Waals surface area contributed by atoms with Crippen molar-refractivity contribution in [3.63, 3.8) is 0 Å². The van der Waals surface area contributed by atoms with Crippen LogP contribution >= 0.6 is 22.9 Å². The van der Waals surface area contributed by atoms with Crippen LogP contribution < -0.4 is 5.73 Å². The molecule has 0 atom stereocenters. The number of aromatic nitrogens is 1. The molecule has 2 N–H and O–H groups in total. The summed E-state index contributed by atoms with van der Waals surface area (Å²) in [5, 5.41) is 6.54. The van der Waals surface area contributed by atoms with Crippen LogP contribution in [0.4, 0.5) is 5.82 Å². The highest BCUT2D eigenvalue weighted by Crippen LogP contribution is 2.41. The van der Waals surface area contributed by atoms with E-state index in [9.17, 15) is 0 Å². The van der Waals surface area contributed by atoms with Crippen LogP contribution in [0.3, 0.4) is 0 Å². The third kappa shape index (κ3) is 1.72. The molecule has 0 bridgehead atoms. The number of halogens is 1. The van der Waals surface area contributed by atoms with Crippen molar-refractivity contribution in [3.8, 4) is 10.6 Å². The van der Waals surface area contributed by atoms with Gasteiger partial charge in [0.05, 0.1) is 9.90 Å². The van der Waals surface area contributed by atoms with Crippen LogP contribution in [0.5, 0.6) is 0 Å². The van der Waals surface area contributed by atoms with E-state index in [4.69, 9.17) is 21.9 Å². The largest absolute Gasteiger partial charge is 0.381 e. The zero-order chi connectivity index (χ0) is 11.9. The van der Waals surface area contributed by atoms with Crippen molar-refractivity contribution in [2.24, 2.45) is 0 Å². The highest BCUT2D eigenvalue weighted by atomic mass is 35.5. The molecule has 0 aliphatic heterocycles. The average Bonchev–Trinajstić information content (AvgIpc) is 2.72. The highest BCUT2D eigenvalue weighted by molar-refractivity contribution is 7.14. The second-order valence-corrected chi connectivity index (χ2v) is 5.28. The maximum atomic E-state index is 6.21. The van der Waals surface area contributed by atoms with Crippen molar-refractivity contribution in [1.29, 1.82) is 0 Å². The van der Waals surface area contributed by atoms with Crippen molar-refractivity contribution < 1.29 is 4.52 Å². The topological polar surface area (TPSA) is 52.0 Å². The van der Waals surface area contributed by atoms with Gasteiger partial charge in [0, 0.05) is 5.56 Å². The number of thiophene rings is 1. The number of nitrogens with two attached hydrogens (primary N) is 1. The molecule has 0 aliphatic rings. The minimum atomic E-state index is 0.264. The third-order valence-electron chi connectivity index (χ3n) is 2.44. The molecule has 2 heterocycles. The summed E-state index contributed by atoms with van der Waals surface area (Å²) in [7, 11) is 0. The molecule has 2 aromatic rings. The SMILES string of the molecule is Cc1csc(-c2onc(N)c2C(C)C)c1Cl. The van der Waals surface area contributed by atoms with Crippen molar-refractivity contribution in [2.75, 3.05) is 5.73 Å². The fraction of sp³-hybridized carbons (Fsp3) is 0.364. The molecule has 0 saturated heterocycles. The lowest BCUT2D eigenvalue weighted by molar-refractivity contribution is 0.435. The van der Waals surface area contributed by atoms with E-state index in [1.165, 1.54) is 0 Å². The van der Waals surface area contributed by atoms with Gasteiger partial charge in [-0.2, -0.15) is 0 Å². The van der Waals surface area contributed by atoms with E-state index in [1.807, 2.05) is 12.3 Å². The Hall–Kier alpha value is -1.00. The van der Waals surface area contributed by atoms with Crippen LogP contribution in [-0.4, -0.2) is 5.16 Å². The minimum absolute atomic E-state index is 0.264. The summed E-state index contributed by atoms with van der Waals surface area (Å²) in [4.78, 5) is 0.909. The van der Waals surface area contributed by atoms with Crippen LogP contribution in [0.15, 0.2) is 9.90 Å². The van der Waals surface area contributed by atoms with Gasteiger partial charge < -0.3 is 10.3 Å². The normalized spacial score (nSPS) is 11.3. The molecule has 0 radical (unpaired) electrons. The molecule has 5 heteroatoms. The Morgan fingerprint density at radius 3 is 2.69 bits per heavy atom.